The summed E-state index contributed by atoms with van der Waals surface area (Å²) in [5.41, 5.74) is 1.81. The van der Waals surface area contributed by atoms with E-state index in [0.717, 1.165) is 25.1 Å². The van der Waals surface area contributed by atoms with Crippen LogP contribution in [0.3, 0.4) is 0 Å². The number of fused-ring (bicyclic) bond motifs is 1. The second kappa shape index (κ2) is 8.64. The van der Waals surface area contributed by atoms with E-state index in [1.807, 2.05) is 0 Å². The molecule has 0 spiro atoms. The Morgan fingerprint density at radius 2 is 2.03 bits per heavy atom. The molecule has 2 atom stereocenters. The summed E-state index contributed by atoms with van der Waals surface area (Å²) in [6.45, 7) is 2.38. The Morgan fingerprint density at radius 1 is 1.23 bits per heavy atom. The van der Waals surface area contributed by atoms with Crippen LogP contribution in [-0.4, -0.2) is 39.1 Å². The van der Waals surface area contributed by atoms with Crippen LogP contribution in [0.4, 0.5) is 8.78 Å². The van der Waals surface area contributed by atoms with E-state index in [1.54, 1.807) is 19.1 Å². The third kappa shape index (κ3) is 4.40. The maximum absolute atomic E-state index is 13.7. The molecular weight excluding hydrogens is 404 g/mol. The maximum Gasteiger partial charge on any atom is 0.261 e. The smallest absolute Gasteiger partial charge is 0.261 e. The van der Waals surface area contributed by atoms with E-state index in [9.17, 15) is 23.5 Å². The number of rotatable bonds is 5. The van der Waals surface area contributed by atoms with Crippen LogP contribution >= 0.6 is 0 Å². The highest BCUT2D eigenvalue weighted by Gasteiger charge is 2.25. The molecule has 162 valence electrons. The lowest BCUT2D eigenvalue weighted by molar-refractivity contribution is -0.121. The van der Waals surface area contributed by atoms with Crippen molar-refractivity contribution in [3.05, 3.63) is 64.2 Å². The van der Waals surface area contributed by atoms with Gasteiger partial charge in [0.05, 0.1) is 29.9 Å². The van der Waals surface area contributed by atoms with Crippen LogP contribution < -0.4 is 10.9 Å². The van der Waals surface area contributed by atoms with Crippen molar-refractivity contribution in [1.82, 2.24) is 14.9 Å². The van der Waals surface area contributed by atoms with Crippen molar-refractivity contribution >= 4 is 16.7 Å². The minimum Gasteiger partial charge on any atom is -0.391 e. The zero-order valence-electron chi connectivity index (χ0n) is 17.1. The maximum atomic E-state index is 13.7. The molecule has 1 aliphatic rings. The lowest BCUT2D eigenvalue weighted by Gasteiger charge is -2.28. The molecule has 0 aliphatic carbocycles. The first-order chi connectivity index (χ1) is 14.8. The van der Waals surface area contributed by atoms with E-state index in [4.69, 9.17) is 0 Å². The Hall–Kier alpha value is -2.97. The second-order valence-corrected chi connectivity index (χ2v) is 8.01. The number of piperidine rings is 1. The highest BCUT2D eigenvalue weighted by atomic mass is 19.2. The minimum absolute atomic E-state index is 0.125. The van der Waals surface area contributed by atoms with Gasteiger partial charge in [-0.3, -0.25) is 14.2 Å². The molecule has 0 bridgehead atoms. The molecule has 3 aromatic rings. The van der Waals surface area contributed by atoms with Crippen molar-refractivity contribution in [2.24, 2.45) is 0 Å². The van der Waals surface area contributed by atoms with Crippen molar-refractivity contribution in [2.45, 2.75) is 44.9 Å². The molecule has 1 aliphatic heterocycles. The van der Waals surface area contributed by atoms with E-state index in [0.29, 0.717) is 34.0 Å². The number of nitrogens with zero attached hydrogens (tertiary/aromatic N) is 2. The van der Waals surface area contributed by atoms with Gasteiger partial charge in [0.2, 0.25) is 0 Å². The number of aliphatic hydroxyl groups is 1. The van der Waals surface area contributed by atoms with Gasteiger partial charge in [-0.1, -0.05) is 6.07 Å². The summed E-state index contributed by atoms with van der Waals surface area (Å²) >= 11 is 0. The average molecular weight is 427 g/mol. The fraction of sp³-hybridized carbons (Fsp3) is 0.348. The van der Waals surface area contributed by atoms with Crippen LogP contribution in [0.2, 0.25) is 0 Å². The molecule has 1 saturated heterocycles. The summed E-state index contributed by atoms with van der Waals surface area (Å²) in [4.78, 5) is 29.9. The van der Waals surface area contributed by atoms with Crippen molar-refractivity contribution in [2.75, 3.05) is 6.54 Å². The highest BCUT2D eigenvalue weighted by Crippen LogP contribution is 2.26. The Bertz CT molecular complexity index is 1210. The van der Waals surface area contributed by atoms with E-state index in [-0.39, 0.29) is 30.3 Å². The van der Waals surface area contributed by atoms with Crippen molar-refractivity contribution < 1.29 is 18.7 Å². The second-order valence-electron chi connectivity index (χ2n) is 8.01. The zero-order valence-corrected chi connectivity index (χ0v) is 17.1. The molecule has 4 rings (SSSR count). The predicted molar refractivity (Wildman–Crippen MR) is 113 cm³/mol. The molecule has 0 unspecified atom stereocenters. The van der Waals surface area contributed by atoms with Gasteiger partial charge in [-0.05, 0) is 67.3 Å². The molecule has 0 radical (unpaired) electrons. The molecular formula is C23H23F2N3O3. The Kier molecular flexibility index (Phi) is 5.93. The molecule has 2 heterocycles. The number of hydrogen-bond acceptors (Lipinski definition) is 5. The monoisotopic (exact) mass is 427 g/mol. The first kappa shape index (κ1) is 21.3. The fourth-order valence-electron chi connectivity index (χ4n) is 4.05. The van der Waals surface area contributed by atoms with Crippen LogP contribution in [0.1, 0.15) is 24.8 Å². The Labute approximate surface area is 177 Å². The normalized spacial score (nSPS) is 19.0. The summed E-state index contributed by atoms with van der Waals surface area (Å²) in [5.74, 6) is -2.10. The molecule has 0 amide bonds. The Balaban J connectivity index is 1.65. The van der Waals surface area contributed by atoms with Gasteiger partial charge in [-0.2, -0.15) is 0 Å². The van der Waals surface area contributed by atoms with Crippen LogP contribution in [0.25, 0.3) is 22.0 Å². The van der Waals surface area contributed by atoms with Gasteiger partial charge in [-0.25, -0.2) is 13.8 Å². The zero-order chi connectivity index (χ0) is 22.1. The standard InChI is InChI=1S/C23H23F2N3O3/c1-13-7-15(14-4-5-18(24)19(25)9-14)8-17-22(13)27-12-28(23(17)31)11-16(29)10-20-21(30)3-2-6-26-20/h4-5,7-9,12,20-21,26,30H,2-3,6,10-11H2,1H3/t20-,21+/m1/s1. The van der Waals surface area contributed by atoms with Crippen molar-refractivity contribution in [3.63, 3.8) is 0 Å². The van der Waals surface area contributed by atoms with Gasteiger partial charge in [0.1, 0.15) is 0 Å². The number of carbonyl (C=O) groups is 1. The SMILES string of the molecule is Cc1cc(-c2ccc(F)c(F)c2)cc2c(=O)n(CC(=O)C[C@H]3NCCC[C@@H]3O)cnc12. The quantitative estimate of drug-likeness (QED) is 0.654. The lowest BCUT2D eigenvalue weighted by Crippen LogP contribution is -2.46. The summed E-state index contributed by atoms with van der Waals surface area (Å²) in [5, 5.41) is 13.5. The summed E-state index contributed by atoms with van der Waals surface area (Å²) in [6.07, 6.45) is 2.40. The summed E-state index contributed by atoms with van der Waals surface area (Å²) in [6, 6.07) is 6.59. The van der Waals surface area contributed by atoms with Gasteiger partial charge >= 0.3 is 0 Å². The molecule has 8 heteroatoms. The molecule has 31 heavy (non-hydrogen) atoms. The van der Waals surface area contributed by atoms with Crippen molar-refractivity contribution in [1.29, 1.82) is 0 Å². The number of benzene rings is 2. The van der Waals surface area contributed by atoms with Crippen LogP contribution in [0, 0.1) is 18.6 Å². The van der Waals surface area contributed by atoms with Crippen LogP contribution in [-0.2, 0) is 11.3 Å². The lowest BCUT2D eigenvalue weighted by atomic mass is 9.97. The number of hydrogen-bond donors (Lipinski definition) is 2. The molecule has 2 N–H and O–H groups in total. The predicted octanol–water partition coefficient (Wildman–Crippen LogP) is 2.72. The van der Waals surface area contributed by atoms with Gasteiger partial charge < -0.3 is 10.4 Å². The van der Waals surface area contributed by atoms with Crippen molar-refractivity contribution in [3.8, 4) is 11.1 Å². The first-order valence-electron chi connectivity index (χ1n) is 10.2. The number of aromatic nitrogens is 2. The third-order valence-corrected chi connectivity index (χ3v) is 5.71. The minimum atomic E-state index is -0.969. The number of aryl methyl sites for hydroxylation is 1. The topological polar surface area (TPSA) is 84.2 Å². The molecule has 0 saturated carbocycles. The number of halogens is 2. The fourth-order valence-corrected chi connectivity index (χ4v) is 4.05. The van der Waals surface area contributed by atoms with Gasteiger partial charge in [0.25, 0.3) is 5.56 Å². The number of aliphatic hydroxyl groups excluding tert-OH is 1. The number of Topliss-reactive ketones (excluding diaryl/α,β-unsaturated/α-hetero) is 1. The summed E-state index contributed by atoms with van der Waals surface area (Å²) in [7, 11) is 0. The largest absolute Gasteiger partial charge is 0.391 e. The first-order valence-corrected chi connectivity index (χ1v) is 10.2. The Morgan fingerprint density at radius 3 is 2.77 bits per heavy atom. The van der Waals surface area contributed by atoms with Gasteiger partial charge in [-0.15, -0.1) is 0 Å². The number of ketones is 1. The molecule has 2 aromatic carbocycles. The van der Waals surface area contributed by atoms with E-state index < -0.39 is 17.7 Å². The average Bonchev–Trinajstić information content (AvgIpc) is 2.74. The molecule has 1 aromatic heterocycles. The summed E-state index contributed by atoms with van der Waals surface area (Å²) < 4.78 is 28.2. The van der Waals surface area contributed by atoms with Crippen LogP contribution in [0.5, 0.6) is 0 Å². The van der Waals surface area contributed by atoms with E-state index in [1.165, 1.54) is 17.0 Å². The van der Waals surface area contributed by atoms with E-state index in [2.05, 4.69) is 10.3 Å². The number of nitrogens with one attached hydrogen (secondary N) is 1. The third-order valence-electron chi connectivity index (χ3n) is 5.71. The van der Waals surface area contributed by atoms with Crippen LogP contribution in [0.15, 0.2) is 41.5 Å². The van der Waals surface area contributed by atoms with E-state index >= 15 is 0 Å². The highest BCUT2D eigenvalue weighted by molar-refractivity contribution is 5.87. The molecule has 6 nitrogen and oxygen atoms in total. The molecule has 1 fully saturated rings. The number of carbonyl (C=O) groups excluding carboxylic acids is 1. The van der Waals surface area contributed by atoms with Gasteiger partial charge in [0, 0.05) is 12.5 Å². The van der Waals surface area contributed by atoms with Gasteiger partial charge in [0.15, 0.2) is 17.4 Å².